The molecule has 10 heteroatoms. The van der Waals surface area contributed by atoms with Gasteiger partial charge in [0.15, 0.2) is 5.69 Å². The fourth-order valence-corrected chi connectivity index (χ4v) is 2.98. The molecule has 0 radical (unpaired) electrons. The highest BCUT2D eigenvalue weighted by atomic mass is 32.2. The van der Waals surface area contributed by atoms with E-state index in [-0.39, 0.29) is 5.69 Å². The van der Waals surface area contributed by atoms with Gasteiger partial charge in [-0.25, -0.2) is 13.2 Å². The number of carbonyl (C=O) groups is 2. The Morgan fingerprint density at radius 2 is 2.00 bits per heavy atom. The number of rotatable bonds is 5. The van der Waals surface area contributed by atoms with E-state index in [1.165, 1.54) is 20.9 Å². The van der Waals surface area contributed by atoms with Gasteiger partial charge in [0.05, 0.1) is 11.7 Å². The fraction of sp³-hybridized carbons (Fsp3) is 0.444. The number of amides is 1. The van der Waals surface area contributed by atoms with Gasteiger partial charge in [0.25, 0.3) is 0 Å². The molecule has 0 fully saturated rings. The highest BCUT2D eigenvalue weighted by Crippen LogP contribution is 2.17. The van der Waals surface area contributed by atoms with Crippen molar-refractivity contribution in [3.05, 3.63) is 11.4 Å². The number of sulfonamides is 1. The zero-order chi connectivity index (χ0) is 14.8. The predicted octanol–water partition coefficient (Wildman–Crippen LogP) is -1.17. The van der Waals surface area contributed by atoms with Crippen LogP contribution in [-0.2, 0) is 14.8 Å². The van der Waals surface area contributed by atoms with E-state index in [4.69, 9.17) is 5.11 Å². The van der Waals surface area contributed by atoms with Gasteiger partial charge in [0.1, 0.15) is 4.90 Å². The van der Waals surface area contributed by atoms with Crippen LogP contribution < -0.4 is 10.0 Å². The minimum Gasteiger partial charge on any atom is -0.476 e. The van der Waals surface area contributed by atoms with Crippen LogP contribution in [0.2, 0.25) is 0 Å². The summed E-state index contributed by atoms with van der Waals surface area (Å²) < 4.78 is 26.2. The lowest BCUT2D eigenvalue weighted by Crippen LogP contribution is -2.43. The molecule has 0 aliphatic carbocycles. The summed E-state index contributed by atoms with van der Waals surface area (Å²) in [6.45, 7) is 2.71. The van der Waals surface area contributed by atoms with E-state index in [1.807, 2.05) is 0 Å². The van der Waals surface area contributed by atoms with Gasteiger partial charge in [-0.1, -0.05) is 0 Å². The molecule has 1 unspecified atom stereocenters. The van der Waals surface area contributed by atoms with Crippen molar-refractivity contribution in [2.24, 2.45) is 0 Å². The number of aromatic carboxylic acids is 1. The molecule has 0 spiro atoms. The first-order valence-corrected chi connectivity index (χ1v) is 6.71. The van der Waals surface area contributed by atoms with Crippen molar-refractivity contribution in [3.63, 3.8) is 0 Å². The largest absolute Gasteiger partial charge is 0.476 e. The van der Waals surface area contributed by atoms with E-state index in [9.17, 15) is 18.0 Å². The molecular formula is C9H14N4O5S. The highest BCUT2D eigenvalue weighted by Gasteiger charge is 2.30. The number of carboxylic acids is 1. The lowest BCUT2D eigenvalue weighted by atomic mass is 10.3. The zero-order valence-electron chi connectivity index (χ0n) is 10.5. The molecule has 1 atom stereocenters. The molecule has 1 rings (SSSR count). The summed E-state index contributed by atoms with van der Waals surface area (Å²) in [5.74, 6) is -2.01. The van der Waals surface area contributed by atoms with Crippen molar-refractivity contribution in [2.75, 3.05) is 7.05 Å². The molecule has 19 heavy (non-hydrogen) atoms. The van der Waals surface area contributed by atoms with E-state index < -0.39 is 38.5 Å². The number of aryl methyl sites for hydroxylation is 1. The number of carboxylic acid groups (broad SMARTS) is 1. The van der Waals surface area contributed by atoms with Crippen molar-refractivity contribution in [3.8, 4) is 0 Å². The van der Waals surface area contributed by atoms with Crippen LogP contribution in [0.4, 0.5) is 0 Å². The maximum atomic E-state index is 12.1. The average Bonchev–Trinajstić information content (AvgIpc) is 2.70. The fourth-order valence-electron chi connectivity index (χ4n) is 1.45. The lowest BCUT2D eigenvalue weighted by molar-refractivity contribution is -0.121. The Hall–Kier alpha value is -1.94. The van der Waals surface area contributed by atoms with Crippen LogP contribution in [0.15, 0.2) is 4.90 Å². The molecule has 0 saturated heterocycles. The number of hydrogen-bond acceptors (Lipinski definition) is 5. The van der Waals surface area contributed by atoms with E-state index >= 15 is 0 Å². The Morgan fingerprint density at radius 3 is 2.47 bits per heavy atom. The average molecular weight is 290 g/mol. The molecule has 0 bridgehead atoms. The normalized spacial score (nSPS) is 13.0. The highest BCUT2D eigenvalue weighted by molar-refractivity contribution is 7.89. The molecule has 1 amide bonds. The van der Waals surface area contributed by atoms with E-state index in [0.717, 1.165) is 0 Å². The predicted molar refractivity (Wildman–Crippen MR) is 64.1 cm³/mol. The first-order chi connectivity index (χ1) is 8.70. The number of carbonyl (C=O) groups excluding carboxylic acids is 1. The van der Waals surface area contributed by atoms with Crippen molar-refractivity contribution in [2.45, 2.75) is 24.8 Å². The van der Waals surface area contributed by atoms with Crippen LogP contribution in [0.25, 0.3) is 0 Å². The van der Waals surface area contributed by atoms with Crippen molar-refractivity contribution in [1.29, 1.82) is 0 Å². The molecule has 1 aromatic heterocycles. The standard InChI is InChI=1S/C9H14N4O5S/c1-4-7(6(9(15)16)12-11-4)19(17,18)13-5(2)8(14)10-3/h5,13H,1-3H3,(H,10,14)(H,11,12)(H,15,16). The number of likely N-dealkylation sites (N-methyl/N-ethyl adjacent to an activating group) is 1. The summed E-state index contributed by atoms with van der Waals surface area (Å²) in [7, 11) is -2.80. The van der Waals surface area contributed by atoms with Crippen LogP contribution in [0.1, 0.15) is 23.1 Å². The number of aromatic nitrogens is 2. The SMILES string of the molecule is CNC(=O)C(C)NS(=O)(=O)c1c(C(=O)O)n[nH]c1C. The Morgan fingerprint density at radius 1 is 1.42 bits per heavy atom. The van der Waals surface area contributed by atoms with Gasteiger partial charge < -0.3 is 10.4 Å². The van der Waals surface area contributed by atoms with Gasteiger partial charge >= 0.3 is 5.97 Å². The molecule has 106 valence electrons. The molecular weight excluding hydrogens is 276 g/mol. The maximum Gasteiger partial charge on any atom is 0.357 e. The van der Waals surface area contributed by atoms with Gasteiger partial charge in [-0.05, 0) is 13.8 Å². The summed E-state index contributed by atoms with van der Waals surface area (Å²) in [5.41, 5.74) is -0.539. The Balaban J connectivity index is 3.18. The Kier molecular flexibility index (Phi) is 4.27. The molecule has 0 aromatic carbocycles. The molecule has 9 nitrogen and oxygen atoms in total. The zero-order valence-corrected chi connectivity index (χ0v) is 11.3. The van der Waals surface area contributed by atoms with Crippen LogP contribution in [-0.4, -0.2) is 48.7 Å². The van der Waals surface area contributed by atoms with Crippen LogP contribution in [0, 0.1) is 6.92 Å². The second kappa shape index (κ2) is 5.36. The molecule has 1 heterocycles. The lowest BCUT2D eigenvalue weighted by Gasteiger charge is -2.12. The first kappa shape index (κ1) is 15.1. The smallest absolute Gasteiger partial charge is 0.357 e. The number of H-pyrrole nitrogens is 1. The maximum absolute atomic E-state index is 12.1. The van der Waals surface area contributed by atoms with Gasteiger partial charge in [-0.3, -0.25) is 9.89 Å². The summed E-state index contributed by atoms with van der Waals surface area (Å²) in [4.78, 5) is 21.7. The van der Waals surface area contributed by atoms with Gasteiger partial charge in [0, 0.05) is 7.05 Å². The first-order valence-electron chi connectivity index (χ1n) is 5.23. The van der Waals surface area contributed by atoms with Crippen LogP contribution in [0.3, 0.4) is 0 Å². The molecule has 4 N–H and O–H groups in total. The van der Waals surface area contributed by atoms with Crippen LogP contribution >= 0.6 is 0 Å². The summed E-state index contributed by atoms with van der Waals surface area (Å²) in [6, 6.07) is -1.04. The van der Waals surface area contributed by atoms with Crippen molar-refractivity contribution in [1.82, 2.24) is 20.2 Å². The molecule has 1 aromatic rings. The number of aromatic amines is 1. The third-order valence-corrected chi connectivity index (χ3v) is 4.03. The Bertz CT molecular complexity index is 606. The molecule has 0 saturated carbocycles. The topological polar surface area (TPSA) is 141 Å². The summed E-state index contributed by atoms with van der Waals surface area (Å²) in [5, 5.41) is 16.9. The van der Waals surface area contributed by atoms with Gasteiger partial charge in [-0.2, -0.15) is 9.82 Å². The number of hydrogen-bond donors (Lipinski definition) is 4. The van der Waals surface area contributed by atoms with Crippen molar-refractivity contribution < 1.29 is 23.1 Å². The molecule has 0 aliphatic heterocycles. The third kappa shape index (κ3) is 3.09. The monoisotopic (exact) mass is 290 g/mol. The number of nitrogens with one attached hydrogen (secondary N) is 3. The Labute approximate surface area is 109 Å². The van der Waals surface area contributed by atoms with Crippen molar-refractivity contribution >= 4 is 21.9 Å². The van der Waals surface area contributed by atoms with Gasteiger partial charge in [-0.15, -0.1) is 0 Å². The van der Waals surface area contributed by atoms with E-state index in [0.29, 0.717) is 0 Å². The van der Waals surface area contributed by atoms with E-state index in [2.05, 4.69) is 20.2 Å². The summed E-state index contributed by atoms with van der Waals surface area (Å²) >= 11 is 0. The molecule has 0 aliphatic rings. The van der Waals surface area contributed by atoms with E-state index in [1.54, 1.807) is 0 Å². The third-order valence-electron chi connectivity index (χ3n) is 2.33. The van der Waals surface area contributed by atoms with Crippen LogP contribution in [0.5, 0.6) is 0 Å². The second-order valence-corrected chi connectivity index (χ2v) is 5.44. The second-order valence-electron chi connectivity index (χ2n) is 3.79. The quantitative estimate of drug-likeness (QED) is 0.538. The van der Waals surface area contributed by atoms with Gasteiger partial charge in [0.2, 0.25) is 15.9 Å². The minimum atomic E-state index is -4.16. The minimum absolute atomic E-state index is 0.0778. The summed E-state index contributed by atoms with van der Waals surface area (Å²) in [6.07, 6.45) is 0. The number of nitrogens with zero attached hydrogens (tertiary/aromatic N) is 1.